The molecule has 0 atom stereocenters. The topological polar surface area (TPSA) is 17.1 Å². The normalized spacial score (nSPS) is 10.5. The van der Waals surface area contributed by atoms with E-state index in [4.69, 9.17) is 6.42 Å². The Morgan fingerprint density at radius 2 is 2.00 bits per heavy atom. The second kappa shape index (κ2) is 3.64. The summed E-state index contributed by atoms with van der Waals surface area (Å²) in [7, 11) is -2.20. The average molecular weight is 156 g/mol. The van der Waals surface area contributed by atoms with E-state index in [2.05, 4.69) is 12.5 Å². The number of allylic oxidation sites excluding steroid dienone is 1. The Labute approximate surface area is 62.9 Å². The molecule has 0 aromatic heterocycles. The van der Waals surface area contributed by atoms with Gasteiger partial charge in [0.1, 0.15) is 7.14 Å². The highest BCUT2D eigenvalue weighted by atomic mass is 31.2. The zero-order valence-corrected chi connectivity index (χ0v) is 7.45. The van der Waals surface area contributed by atoms with E-state index in [1.807, 2.05) is 13.8 Å². The van der Waals surface area contributed by atoms with Crippen LogP contribution in [0.25, 0.3) is 0 Å². The van der Waals surface area contributed by atoms with Crippen molar-refractivity contribution in [2.75, 3.05) is 12.3 Å². The molecule has 0 N–H and O–H groups in total. The molecule has 0 amide bonds. The molecule has 56 valence electrons. The van der Waals surface area contributed by atoms with Gasteiger partial charge in [0.2, 0.25) is 0 Å². The zero-order valence-electron chi connectivity index (χ0n) is 6.55. The van der Waals surface area contributed by atoms with Gasteiger partial charge in [-0.1, -0.05) is 26.3 Å². The molecular formula is C8H13OP. The monoisotopic (exact) mass is 156 g/mol. The summed E-state index contributed by atoms with van der Waals surface area (Å²) >= 11 is 0. The van der Waals surface area contributed by atoms with Gasteiger partial charge >= 0.3 is 0 Å². The van der Waals surface area contributed by atoms with Gasteiger partial charge in [-0.05, 0) is 0 Å². The summed E-state index contributed by atoms with van der Waals surface area (Å²) in [5, 5.41) is 0.484. The lowest BCUT2D eigenvalue weighted by atomic mass is 10.7. The molecular weight excluding hydrogens is 143 g/mol. The van der Waals surface area contributed by atoms with Crippen molar-refractivity contribution >= 4 is 7.14 Å². The molecule has 0 aliphatic heterocycles. The van der Waals surface area contributed by atoms with Gasteiger partial charge in [0.25, 0.3) is 0 Å². The van der Waals surface area contributed by atoms with E-state index >= 15 is 0 Å². The molecule has 0 bridgehead atoms. The molecule has 0 unspecified atom stereocenters. The van der Waals surface area contributed by atoms with E-state index in [0.717, 1.165) is 0 Å². The predicted octanol–water partition coefficient (Wildman–Crippen LogP) is 2.54. The van der Waals surface area contributed by atoms with Gasteiger partial charge in [-0.15, -0.1) is 6.42 Å². The lowest BCUT2D eigenvalue weighted by molar-refractivity contribution is 0.581. The largest absolute Gasteiger partial charge is 0.318 e. The summed E-state index contributed by atoms with van der Waals surface area (Å²) in [6.07, 6.45) is 6.35. The third-order valence-corrected chi connectivity index (χ3v) is 4.84. The molecule has 0 radical (unpaired) electrons. The van der Waals surface area contributed by atoms with Crippen LogP contribution in [0.2, 0.25) is 0 Å². The molecule has 0 saturated heterocycles. The molecule has 1 nitrogen and oxygen atoms in total. The highest BCUT2D eigenvalue weighted by Crippen LogP contribution is 2.51. The summed E-state index contributed by atoms with van der Waals surface area (Å²) in [4.78, 5) is 0. The Morgan fingerprint density at radius 3 is 2.10 bits per heavy atom. The fourth-order valence-corrected chi connectivity index (χ4v) is 2.17. The number of hydrogen-bond donors (Lipinski definition) is 0. The minimum absolute atomic E-state index is 0.484. The van der Waals surface area contributed by atoms with Crippen LogP contribution >= 0.6 is 7.14 Å². The first-order valence-corrected chi connectivity index (χ1v) is 5.42. The molecule has 0 heterocycles. The maximum absolute atomic E-state index is 11.6. The van der Waals surface area contributed by atoms with Crippen molar-refractivity contribution in [3.8, 4) is 12.3 Å². The lowest BCUT2D eigenvalue weighted by Crippen LogP contribution is -1.90. The van der Waals surface area contributed by atoms with Crippen LogP contribution in [0.4, 0.5) is 0 Å². The lowest BCUT2D eigenvalue weighted by Gasteiger charge is -2.11. The summed E-state index contributed by atoms with van der Waals surface area (Å²) < 4.78 is 11.6. The molecule has 0 rings (SSSR count). The fourth-order valence-electron chi connectivity index (χ4n) is 0.723. The first-order valence-electron chi connectivity index (χ1n) is 3.35. The second-order valence-electron chi connectivity index (χ2n) is 2.11. The minimum Gasteiger partial charge on any atom is -0.318 e. The molecule has 0 fully saturated rings. The predicted molar refractivity (Wildman–Crippen MR) is 46.7 cm³/mol. The third-order valence-electron chi connectivity index (χ3n) is 1.68. The van der Waals surface area contributed by atoms with E-state index in [1.54, 1.807) is 0 Å². The standard InChI is InChI=1S/C8H13OP/c1-5-8(4)10(9,6-2)7-3/h1H,4,6-7H2,2-3H3. The van der Waals surface area contributed by atoms with Crippen LogP contribution in [0.15, 0.2) is 11.9 Å². The van der Waals surface area contributed by atoms with Crippen LogP contribution < -0.4 is 0 Å². The summed E-state index contributed by atoms with van der Waals surface area (Å²) in [5.41, 5.74) is 0. The van der Waals surface area contributed by atoms with Crippen LogP contribution in [0.5, 0.6) is 0 Å². The first kappa shape index (κ1) is 9.53. The molecule has 2 heteroatoms. The maximum atomic E-state index is 11.6. The molecule has 0 aliphatic rings. The van der Waals surface area contributed by atoms with E-state index in [9.17, 15) is 4.57 Å². The van der Waals surface area contributed by atoms with Crippen molar-refractivity contribution in [1.29, 1.82) is 0 Å². The Kier molecular flexibility index (Phi) is 3.47. The quantitative estimate of drug-likeness (QED) is 0.453. The third kappa shape index (κ3) is 1.75. The van der Waals surface area contributed by atoms with Gasteiger partial charge in [0, 0.05) is 12.3 Å². The Bertz CT molecular complexity index is 202. The zero-order chi connectivity index (χ0) is 8.20. The van der Waals surface area contributed by atoms with Crippen LogP contribution in [-0.4, -0.2) is 12.3 Å². The highest BCUT2D eigenvalue weighted by molar-refractivity contribution is 7.68. The van der Waals surface area contributed by atoms with Gasteiger partial charge in [-0.3, -0.25) is 0 Å². The maximum Gasteiger partial charge on any atom is 0.122 e. The highest BCUT2D eigenvalue weighted by Gasteiger charge is 2.18. The van der Waals surface area contributed by atoms with Gasteiger partial charge in [-0.2, -0.15) is 0 Å². The summed E-state index contributed by atoms with van der Waals surface area (Å²) in [6.45, 7) is 7.35. The smallest absolute Gasteiger partial charge is 0.122 e. The van der Waals surface area contributed by atoms with Crippen molar-refractivity contribution in [3.05, 3.63) is 11.9 Å². The molecule has 0 aromatic carbocycles. The minimum atomic E-state index is -2.20. The van der Waals surface area contributed by atoms with Gasteiger partial charge in [0.05, 0.1) is 5.31 Å². The van der Waals surface area contributed by atoms with Crippen molar-refractivity contribution < 1.29 is 4.57 Å². The SMILES string of the molecule is C#CC(=C)P(=O)(CC)CC. The number of terminal acetylenes is 1. The van der Waals surface area contributed by atoms with Crippen LogP contribution in [0.1, 0.15) is 13.8 Å². The molecule has 0 aliphatic carbocycles. The Balaban J connectivity index is 4.54. The Morgan fingerprint density at radius 1 is 1.60 bits per heavy atom. The number of hydrogen-bond acceptors (Lipinski definition) is 1. The van der Waals surface area contributed by atoms with E-state index < -0.39 is 7.14 Å². The van der Waals surface area contributed by atoms with Crippen LogP contribution in [0.3, 0.4) is 0 Å². The Hall–Kier alpha value is -0.470. The van der Waals surface area contributed by atoms with Crippen LogP contribution in [-0.2, 0) is 4.57 Å². The van der Waals surface area contributed by atoms with Crippen molar-refractivity contribution in [3.63, 3.8) is 0 Å². The van der Waals surface area contributed by atoms with Gasteiger partial charge in [0.15, 0.2) is 0 Å². The average Bonchev–Trinajstić information content (AvgIpc) is 2.01. The molecule has 0 saturated carbocycles. The van der Waals surface area contributed by atoms with E-state index in [1.165, 1.54) is 0 Å². The molecule has 10 heavy (non-hydrogen) atoms. The van der Waals surface area contributed by atoms with Crippen molar-refractivity contribution in [1.82, 2.24) is 0 Å². The van der Waals surface area contributed by atoms with Gasteiger partial charge < -0.3 is 4.57 Å². The molecule has 0 spiro atoms. The molecule has 0 aromatic rings. The van der Waals surface area contributed by atoms with Crippen LogP contribution in [0, 0.1) is 12.3 Å². The number of rotatable bonds is 3. The van der Waals surface area contributed by atoms with Crippen molar-refractivity contribution in [2.45, 2.75) is 13.8 Å². The van der Waals surface area contributed by atoms with Gasteiger partial charge in [-0.25, -0.2) is 0 Å². The second-order valence-corrected chi connectivity index (χ2v) is 5.70. The summed E-state index contributed by atoms with van der Waals surface area (Å²) in [6, 6.07) is 0. The van der Waals surface area contributed by atoms with E-state index in [-0.39, 0.29) is 0 Å². The fraction of sp³-hybridized carbons (Fsp3) is 0.500. The van der Waals surface area contributed by atoms with E-state index in [0.29, 0.717) is 17.6 Å². The summed E-state index contributed by atoms with van der Waals surface area (Å²) in [5.74, 6) is 2.35. The first-order chi connectivity index (χ1) is 4.60. The van der Waals surface area contributed by atoms with Crippen molar-refractivity contribution in [2.24, 2.45) is 0 Å².